The zero-order valence-corrected chi connectivity index (χ0v) is 18.0. The van der Waals surface area contributed by atoms with Crippen LogP contribution in [0.3, 0.4) is 0 Å². The first kappa shape index (κ1) is 22.8. The van der Waals surface area contributed by atoms with Gasteiger partial charge in [0.25, 0.3) is 11.5 Å². The van der Waals surface area contributed by atoms with Crippen molar-refractivity contribution in [1.82, 2.24) is 15.0 Å². The summed E-state index contributed by atoms with van der Waals surface area (Å²) in [6, 6.07) is 21.8. The van der Waals surface area contributed by atoms with Gasteiger partial charge in [-0.1, -0.05) is 47.7 Å². The number of carbonyl (C=O) groups excluding carboxylic acids is 1. The molecule has 1 amide bonds. The topological polar surface area (TPSA) is 134 Å². The maximum absolute atomic E-state index is 12.6. The molecule has 2 atom stereocenters. The molecule has 4 rings (SSSR count). The number of rotatable bonds is 8. The Morgan fingerprint density at radius 3 is 2.32 bits per heavy atom. The Labute approximate surface area is 194 Å². The predicted octanol–water partition coefficient (Wildman–Crippen LogP) is 2.87. The van der Waals surface area contributed by atoms with Crippen LogP contribution in [0.25, 0.3) is 10.9 Å². The van der Waals surface area contributed by atoms with Gasteiger partial charge in [0.2, 0.25) is 0 Å². The zero-order valence-electron chi connectivity index (χ0n) is 18.0. The molecule has 0 aliphatic heterocycles. The molecule has 1 aromatic heterocycles. The molecule has 34 heavy (non-hydrogen) atoms. The van der Waals surface area contributed by atoms with Crippen LogP contribution in [-0.4, -0.2) is 37.1 Å². The first-order valence-corrected chi connectivity index (χ1v) is 10.6. The van der Waals surface area contributed by atoms with Crippen LogP contribution in [0.2, 0.25) is 0 Å². The van der Waals surface area contributed by atoms with Crippen molar-refractivity contribution in [3.05, 3.63) is 100 Å². The van der Waals surface area contributed by atoms with Crippen LogP contribution in [-0.2, 0) is 11.3 Å². The number of aliphatic hydroxyl groups excluding tert-OH is 1. The van der Waals surface area contributed by atoms with Crippen molar-refractivity contribution in [1.29, 1.82) is 0 Å². The van der Waals surface area contributed by atoms with Crippen molar-refractivity contribution in [3.63, 3.8) is 0 Å². The molecular weight excluding hydrogens is 436 g/mol. The summed E-state index contributed by atoms with van der Waals surface area (Å²) in [5.74, 6) is -2.65. The van der Waals surface area contributed by atoms with Crippen LogP contribution in [0.4, 0.5) is 5.69 Å². The molecule has 0 saturated carbocycles. The second kappa shape index (κ2) is 10.1. The highest BCUT2D eigenvalue weighted by Gasteiger charge is 2.28. The lowest BCUT2D eigenvalue weighted by Crippen LogP contribution is -2.29. The van der Waals surface area contributed by atoms with Gasteiger partial charge in [-0.2, -0.15) is 0 Å². The highest BCUT2D eigenvalue weighted by Crippen LogP contribution is 2.27. The summed E-state index contributed by atoms with van der Waals surface area (Å²) >= 11 is 0. The average Bonchev–Trinajstić information content (AvgIpc) is 2.86. The fourth-order valence-electron chi connectivity index (χ4n) is 3.64. The van der Waals surface area contributed by atoms with Gasteiger partial charge in [0.1, 0.15) is 5.52 Å². The Morgan fingerprint density at radius 1 is 0.941 bits per heavy atom. The Bertz CT molecular complexity index is 1370. The van der Waals surface area contributed by atoms with Crippen LogP contribution in [0.1, 0.15) is 28.4 Å². The molecule has 4 aromatic rings. The van der Waals surface area contributed by atoms with Crippen LogP contribution in [0.15, 0.2) is 83.7 Å². The third-order valence-corrected chi connectivity index (χ3v) is 5.53. The minimum atomic E-state index is -1.32. The Balaban J connectivity index is 1.45. The molecule has 0 spiro atoms. The number of nitrogens with zero attached hydrogens (tertiary/aromatic N) is 3. The smallest absolute Gasteiger partial charge is 0.309 e. The number of aliphatic carboxylic acids is 1. The van der Waals surface area contributed by atoms with Gasteiger partial charge in [-0.3, -0.25) is 14.4 Å². The summed E-state index contributed by atoms with van der Waals surface area (Å²) in [6.07, 6.45) is -1.35. The number of hydrogen-bond acceptors (Lipinski definition) is 6. The quantitative estimate of drug-likeness (QED) is 0.370. The van der Waals surface area contributed by atoms with Gasteiger partial charge in [-0.25, -0.2) is 4.68 Å². The predicted molar refractivity (Wildman–Crippen MR) is 125 cm³/mol. The lowest BCUT2D eigenvalue weighted by molar-refractivity contribution is -0.146. The van der Waals surface area contributed by atoms with E-state index in [1.165, 1.54) is 0 Å². The minimum Gasteiger partial charge on any atom is -0.481 e. The van der Waals surface area contributed by atoms with Crippen molar-refractivity contribution >= 4 is 28.5 Å². The fourth-order valence-corrected chi connectivity index (χ4v) is 3.64. The van der Waals surface area contributed by atoms with Crippen molar-refractivity contribution in [2.75, 3.05) is 5.32 Å². The van der Waals surface area contributed by atoms with Gasteiger partial charge in [0.05, 0.1) is 17.4 Å². The van der Waals surface area contributed by atoms with Crippen molar-refractivity contribution in [3.8, 4) is 0 Å². The average molecular weight is 458 g/mol. The number of carbonyl (C=O) groups is 2. The molecule has 0 aliphatic carbocycles. The zero-order chi connectivity index (χ0) is 24.1. The maximum atomic E-state index is 12.6. The number of hydrogen-bond donors (Lipinski definition) is 3. The molecular formula is C25H22N4O5. The number of aryl methyl sites for hydroxylation is 1. The fraction of sp³-hybridized carbons (Fsp3) is 0.160. The van der Waals surface area contributed by atoms with E-state index in [1.807, 2.05) is 6.07 Å². The molecule has 1 heterocycles. The maximum Gasteiger partial charge on any atom is 0.309 e. The lowest BCUT2D eigenvalue weighted by Gasteiger charge is -2.20. The second-order valence-corrected chi connectivity index (χ2v) is 7.76. The molecule has 3 N–H and O–H groups in total. The standard InChI is InChI=1S/C25H22N4O5/c30-22(16-10-12-18(13-11-16)26-23(31)17-6-2-1-3-7-17)20(25(33)34)14-15-29-24(32)19-8-4-5-9-21(19)27-28-29/h1-13,20,22,30H,14-15H2,(H,26,31)(H,33,34)/t20-,22+/m0/s1. The van der Waals surface area contributed by atoms with Crippen molar-refractivity contribution < 1.29 is 19.8 Å². The molecule has 0 radical (unpaired) electrons. The molecule has 172 valence electrons. The first-order valence-electron chi connectivity index (χ1n) is 10.6. The third kappa shape index (κ3) is 5.00. The lowest BCUT2D eigenvalue weighted by atomic mass is 9.92. The van der Waals surface area contributed by atoms with Gasteiger partial charge in [-0.15, -0.1) is 5.10 Å². The Kier molecular flexibility index (Phi) is 6.74. The number of carboxylic acid groups (broad SMARTS) is 1. The van der Waals surface area contributed by atoms with Gasteiger partial charge >= 0.3 is 5.97 Å². The van der Waals surface area contributed by atoms with E-state index in [0.717, 1.165) is 4.68 Å². The molecule has 3 aromatic carbocycles. The molecule has 0 saturated heterocycles. The van der Waals surface area contributed by atoms with E-state index in [4.69, 9.17) is 0 Å². The van der Waals surface area contributed by atoms with Gasteiger partial charge in [0.15, 0.2) is 0 Å². The first-order chi connectivity index (χ1) is 16.4. The monoisotopic (exact) mass is 458 g/mol. The Hall–Kier alpha value is -4.37. The highest BCUT2D eigenvalue weighted by atomic mass is 16.4. The number of aromatic nitrogens is 3. The summed E-state index contributed by atoms with van der Waals surface area (Å²) < 4.78 is 1.10. The van der Waals surface area contributed by atoms with E-state index in [0.29, 0.717) is 27.7 Å². The number of fused-ring (bicyclic) bond motifs is 1. The highest BCUT2D eigenvalue weighted by molar-refractivity contribution is 6.04. The molecule has 9 nitrogen and oxygen atoms in total. The molecule has 0 unspecified atom stereocenters. The number of carboxylic acids is 1. The summed E-state index contributed by atoms with van der Waals surface area (Å²) in [6.45, 7) is -0.0179. The van der Waals surface area contributed by atoms with E-state index in [1.54, 1.807) is 72.8 Å². The van der Waals surface area contributed by atoms with E-state index in [2.05, 4.69) is 15.6 Å². The third-order valence-electron chi connectivity index (χ3n) is 5.53. The van der Waals surface area contributed by atoms with E-state index < -0.39 is 18.0 Å². The summed E-state index contributed by atoms with van der Waals surface area (Å²) in [4.78, 5) is 36.7. The second-order valence-electron chi connectivity index (χ2n) is 7.76. The summed E-state index contributed by atoms with van der Waals surface area (Å²) in [7, 11) is 0. The Morgan fingerprint density at radius 2 is 1.62 bits per heavy atom. The van der Waals surface area contributed by atoms with E-state index in [9.17, 15) is 24.6 Å². The number of benzene rings is 3. The number of aliphatic hydroxyl groups is 1. The van der Waals surface area contributed by atoms with Gasteiger partial charge in [0, 0.05) is 17.8 Å². The number of nitrogens with one attached hydrogen (secondary N) is 1. The summed E-state index contributed by atoms with van der Waals surface area (Å²) in [5, 5.41) is 31.4. The number of anilines is 1. The van der Waals surface area contributed by atoms with Gasteiger partial charge < -0.3 is 15.5 Å². The normalized spacial score (nSPS) is 12.7. The minimum absolute atomic E-state index is 0.0179. The van der Waals surface area contributed by atoms with Crippen LogP contribution in [0, 0.1) is 5.92 Å². The van der Waals surface area contributed by atoms with Crippen LogP contribution in [0.5, 0.6) is 0 Å². The van der Waals surface area contributed by atoms with Gasteiger partial charge in [-0.05, 0) is 48.4 Å². The molecule has 0 aliphatic rings. The SMILES string of the molecule is O=C(Nc1ccc([C@@H](O)[C@H](CCn2nnc3ccccc3c2=O)C(=O)O)cc1)c1ccccc1. The van der Waals surface area contributed by atoms with Crippen LogP contribution < -0.4 is 10.9 Å². The largest absolute Gasteiger partial charge is 0.481 e. The molecule has 0 fully saturated rings. The summed E-state index contributed by atoms with van der Waals surface area (Å²) in [5.41, 5.74) is 1.47. The number of amides is 1. The van der Waals surface area contributed by atoms with E-state index >= 15 is 0 Å². The van der Waals surface area contributed by atoms with Crippen LogP contribution >= 0.6 is 0 Å². The van der Waals surface area contributed by atoms with E-state index in [-0.39, 0.29) is 24.4 Å². The molecule has 9 heteroatoms. The van der Waals surface area contributed by atoms with Crippen molar-refractivity contribution in [2.45, 2.75) is 19.1 Å². The van der Waals surface area contributed by atoms with Crippen molar-refractivity contribution in [2.24, 2.45) is 5.92 Å². The molecule has 0 bridgehead atoms.